The summed E-state index contributed by atoms with van der Waals surface area (Å²) in [7, 11) is -4.57. The average molecular weight is 504 g/mol. The highest BCUT2D eigenvalue weighted by Crippen LogP contribution is 2.36. The third-order valence-corrected chi connectivity index (χ3v) is 7.09. The van der Waals surface area contributed by atoms with Crippen molar-refractivity contribution in [3.63, 3.8) is 0 Å². The SMILES string of the molecule is O=S(=O)(Cc1ccc(F)c(-c2ccc3c(-c4ncc[nH]4)[nH]nc3c2F)c1F)c1cc(F)ccc1F. The maximum Gasteiger partial charge on any atom is 0.185 e. The second-order valence-corrected chi connectivity index (χ2v) is 9.55. The second-order valence-electron chi connectivity index (χ2n) is 7.59. The molecule has 0 fully saturated rings. The van der Waals surface area contributed by atoms with Gasteiger partial charge >= 0.3 is 0 Å². The molecule has 2 heterocycles. The Hall–Kier alpha value is -4.06. The van der Waals surface area contributed by atoms with Crippen molar-refractivity contribution in [2.45, 2.75) is 10.6 Å². The summed E-state index contributed by atoms with van der Waals surface area (Å²) in [6.45, 7) is 0. The van der Waals surface area contributed by atoms with E-state index in [0.29, 0.717) is 29.0 Å². The average Bonchev–Trinajstić information content (AvgIpc) is 3.49. The van der Waals surface area contributed by atoms with Crippen LogP contribution in [0.15, 0.2) is 59.8 Å². The highest BCUT2D eigenvalue weighted by molar-refractivity contribution is 7.90. The number of fused-ring (bicyclic) bond motifs is 1. The van der Waals surface area contributed by atoms with Crippen LogP contribution in [0.2, 0.25) is 0 Å². The minimum absolute atomic E-state index is 0.215. The number of halogens is 5. The Morgan fingerprint density at radius 3 is 2.40 bits per heavy atom. The molecule has 5 rings (SSSR count). The van der Waals surface area contributed by atoms with Gasteiger partial charge < -0.3 is 4.98 Å². The normalized spacial score (nSPS) is 11.9. The van der Waals surface area contributed by atoms with Crippen molar-refractivity contribution in [3.05, 3.63) is 89.5 Å². The van der Waals surface area contributed by atoms with Crippen LogP contribution in [-0.2, 0) is 15.6 Å². The van der Waals surface area contributed by atoms with Gasteiger partial charge in [-0.1, -0.05) is 12.1 Å². The Bertz CT molecular complexity index is 1700. The lowest BCUT2D eigenvalue weighted by molar-refractivity contribution is 0.549. The predicted molar refractivity (Wildman–Crippen MR) is 116 cm³/mol. The summed E-state index contributed by atoms with van der Waals surface area (Å²) in [6.07, 6.45) is 3.03. The van der Waals surface area contributed by atoms with E-state index in [-0.39, 0.29) is 5.52 Å². The molecule has 5 aromatic rings. The first-order valence-electron chi connectivity index (χ1n) is 9.99. The molecule has 0 bridgehead atoms. The van der Waals surface area contributed by atoms with Gasteiger partial charge in [-0.25, -0.2) is 35.4 Å². The third-order valence-electron chi connectivity index (χ3n) is 5.41. The summed E-state index contributed by atoms with van der Waals surface area (Å²) < 4.78 is 98.2. The fourth-order valence-electron chi connectivity index (χ4n) is 3.78. The number of aromatic amines is 2. The predicted octanol–water partition coefficient (Wildman–Crippen LogP) is 5.29. The third kappa shape index (κ3) is 3.85. The van der Waals surface area contributed by atoms with E-state index in [1.54, 1.807) is 6.20 Å². The number of hydrogen-bond donors (Lipinski definition) is 2. The van der Waals surface area contributed by atoms with Crippen molar-refractivity contribution in [2.75, 3.05) is 0 Å². The zero-order chi connectivity index (χ0) is 24.9. The van der Waals surface area contributed by atoms with Crippen LogP contribution in [0.1, 0.15) is 5.56 Å². The molecule has 6 nitrogen and oxygen atoms in total. The van der Waals surface area contributed by atoms with E-state index in [1.165, 1.54) is 12.3 Å². The Morgan fingerprint density at radius 1 is 0.886 bits per heavy atom. The van der Waals surface area contributed by atoms with Gasteiger partial charge in [-0.15, -0.1) is 0 Å². The highest BCUT2D eigenvalue weighted by Gasteiger charge is 2.27. The molecule has 0 spiro atoms. The topological polar surface area (TPSA) is 91.5 Å². The first-order chi connectivity index (χ1) is 16.7. The van der Waals surface area contributed by atoms with Gasteiger partial charge in [-0.3, -0.25) is 5.10 Å². The maximum absolute atomic E-state index is 15.4. The molecule has 0 radical (unpaired) electrons. The molecule has 0 aliphatic heterocycles. The molecular formula is C23H13F5N4O2S. The Labute approximate surface area is 194 Å². The van der Waals surface area contributed by atoms with Crippen LogP contribution in [0, 0.1) is 29.1 Å². The number of nitrogens with zero attached hydrogens (tertiary/aromatic N) is 2. The zero-order valence-electron chi connectivity index (χ0n) is 17.4. The zero-order valence-corrected chi connectivity index (χ0v) is 18.2. The molecule has 0 amide bonds. The highest BCUT2D eigenvalue weighted by atomic mass is 32.2. The van der Waals surface area contributed by atoms with Gasteiger partial charge in [0.25, 0.3) is 0 Å². The molecule has 178 valence electrons. The molecule has 12 heteroatoms. The van der Waals surface area contributed by atoms with Crippen LogP contribution in [0.4, 0.5) is 22.0 Å². The van der Waals surface area contributed by atoms with Gasteiger partial charge in [-0.05, 0) is 30.3 Å². The van der Waals surface area contributed by atoms with Gasteiger partial charge in [0, 0.05) is 28.9 Å². The molecule has 0 aliphatic rings. The smallest absolute Gasteiger partial charge is 0.185 e. The first kappa shape index (κ1) is 22.7. The van der Waals surface area contributed by atoms with E-state index in [2.05, 4.69) is 20.2 Å². The molecule has 2 N–H and O–H groups in total. The van der Waals surface area contributed by atoms with Gasteiger partial charge in [0.05, 0.1) is 11.3 Å². The van der Waals surface area contributed by atoms with Crippen LogP contribution in [-0.4, -0.2) is 28.6 Å². The van der Waals surface area contributed by atoms with Crippen LogP contribution in [0.3, 0.4) is 0 Å². The molecule has 0 saturated heterocycles. The summed E-state index contributed by atoms with van der Waals surface area (Å²) in [5, 5.41) is 6.79. The van der Waals surface area contributed by atoms with Gasteiger partial charge in [0.2, 0.25) is 0 Å². The number of H-pyrrole nitrogens is 2. The van der Waals surface area contributed by atoms with Gasteiger partial charge in [0.1, 0.15) is 39.4 Å². The molecule has 2 aromatic heterocycles. The minimum Gasteiger partial charge on any atom is -0.343 e. The van der Waals surface area contributed by atoms with E-state index in [0.717, 1.165) is 24.3 Å². The van der Waals surface area contributed by atoms with Crippen LogP contribution < -0.4 is 0 Å². The van der Waals surface area contributed by atoms with E-state index in [9.17, 15) is 21.6 Å². The van der Waals surface area contributed by atoms with Crippen molar-refractivity contribution < 1.29 is 30.4 Å². The quantitative estimate of drug-likeness (QED) is 0.318. The van der Waals surface area contributed by atoms with Crippen molar-refractivity contribution in [2.24, 2.45) is 0 Å². The Kier molecular flexibility index (Phi) is 5.39. The Balaban J connectivity index is 1.60. The van der Waals surface area contributed by atoms with Crippen molar-refractivity contribution in [3.8, 4) is 22.6 Å². The number of nitrogens with one attached hydrogen (secondary N) is 2. The van der Waals surface area contributed by atoms with Gasteiger partial charge in [-0.2, -0.15) is 5.10 Å². The van der Waals surface area contributed by atoms with E-state index in [4.69, 9.17) is 0 Å². The van der Waals surface area contributed by atoms with Crippen LogP contribution >= 0.6 is 0 Å². The standard InChI is InChI=1S/C23H13F5N4O2S/c24-12-2-6-15(25)17(9-12)35(33,34)10-11-1-5-16(26)18(19(11)27)13-3-4-14-21(20(13)28)31-32-22(14)23-29-7-8-30-23/h1-9H,10H2,(H,29,30)(H,31,32). The summed E-state index contributed by atoms with van der Waals surface area (Å²) >= 11 is 0. The number of benzene rings is 3. The van der Waals surface area contributed by atoms with E-state index in [1.807, 2.05) is 0 Å². The molecule has 3 aromatic carbocycles. The number of aromatic nitrogens is 4. The monoisotopic (exact) mass is 504 g/mol. The summed E-state index contributed by atoms with van der Waals surface area (Å²) in [4.78, 5) is 5.91. The first-order valence-corrected chi connectivity index (χ1v) is 11.6. The number of sulfone groups is 1. The summed E-state index contributed by atoms with van der Waals surface area (Å²) in [5.41, 5.74) is -1.73. The van der Waals surface area contributed by atoms with Gasteiger partial charge in [0.15, 0.2) is 21.5 Å². The lowest BCUT2D eigenvalue weighted by Crippen LogP contribution is -2.10. The van der Waals surface area contributed by atoms with Crippen molar-refractivity contribution in [1.82, 2.24) is 20.2 Å². The van der Waals surface area contributed by atoms with Crippen LogP contribution in [0.25, 0.3) is 33.5 Å². The molecule has 0 atom stereocenters. The number of imidazole rings is 1. The lowest BCUT2D eigenvalue weighted by atomic mass is 9.99. The molecule has 35 heavy (non-hydrogen) atoms. The molecule has 0 saturated carbocycles. The Morgan fingerprint density at radius 2 is 1.66 bits per heavy atom. The fraction of sp³-hybridized carbons (Fsp3) is 0.0435. The fourth-order valence-corrected chi connectivity index (χ4v) is 5.22. The molecular weight excluding hydrogens is 491 g/mol. The summed E-state index contributed by atoms with van der Waals surface area (Å²) in [5.74, 6) is -6.53. The van der Waals surface area contributed by atoms with E-state index >= 15 is 8.78 Å². The minimum atomic E-state index is -4.57. The maximum atomic E-state index is 15.4. The largest absolute Gasteiger partial charge is 0.343 e. The van der Waals surface area contributed by atoms with Crippen LogP contribution in [0.5, 0.6) is 0 Å². The number of rotatable bonds is 5. The van der Waals surface area contributed by atoms with Crippen molar-refractivity contribution in [1.29, 1.82) is 0 Å². The summed E-state index contributed by atoms with van der Waals surface area (Å²) in [6, 6.07) is 5.97. The molecule has 0 aliphatic carbocycles. The second kappa shape index (κ2) is 8.31. The lowest BCUT2D eigenvalue weighted by Gasteiger charge is -2.12. The van der Waals surface area contributed by atoms with E-state index < -0.39 is 66.3 Å². The molecule has 0 unspecified atom stereocenters. The van der Waals surface area contributed by atoms with Crippen molar-refractivity contribution >= 4 is 20.7 Å². The number of hydrogen-bond acceptors (Lipinski definition) is 4.